The summed E-state index contributed by atoms with van der Waals surface area (Å²) in [6, 6.07) is 11.0. The molecule has 1 aromatic rings. The third-order valence-corrected chi connectivity index (χ3v) is 4.94. The molecule has 4 heteroatoms. The summed E-state index contributed by atoms with van der Waals surface area (Å²) in [5.41, 5.74) is 1.29. The number of likely N-dealkylation sites (tertiary alicyclic amines) is 1. The fourth-order valence-corrected chi connectivity index (χ4v) is 3.66. The van der Waals surface area contributed by atoms with Gasteiger partial charge in [0, 0.05) is 44.5 Å². The molecule has 0 N–H and O–H groups in total. The van der Waals surface area contributed by atoms with E-state index >= 15 is 0 Å². The second kappa shape index (κ2) is 6.69. The van der Waals surface area contributed by atoms with E-state index in [1.165, 1.54) is 5.69 Å². The van der Waals surface area contributed by atoms with E-state index in [1.54, 1.807) is 0 Å². The molecule has 0 saturated carbocycles. The van der Waals surface area contributed by atoms with Crippen LogP contribution in [0.25, 0.3) is 0 Å². The topological polar surface area (TPSA) is 26.8 Å². The summed E-state index contributed by atoms with van der Waals surface area (Å²) < 4.78 is 0. The van der Waals surface area contributed by atoms with Gasteiger partial charge in [0.15, 0.2) is 0 Å². The smallest absolute Gasteiger partial charge is 0.240 e. The number of carbonyl (C=O) groups is 1. The van der Waals surface area contributed by atoms with Crippen molar-refractivity contribution in [3.05, 3.63) is 30.3 Å². The first-order chi connectivity index (χ1) is 10.7. The van der Waals surface area contributed by atoms with E-state index in [0.717, 1.165) is 45.6 Å². The predicted molar refractivity (Wildman–Crippen MR) is 90.1 cm³/mol. The van der Waals surface area contributed by atoms with E-state index in [9.17, 15) is 4.79 Å². The van der Waals surface area contributed by atoms with Crippen LogP contribution in [0.4, 0.5) is 5.69 Å². The Bertz CT molecular complexity index is 494. The number of benzene rings is 1. The van der Waals surface area contributed by atoms with Crippen molar-refractivity contribution in [2.45, 2.75) is 38.8 Å². The predicted octanol–water partition coefficient (Wildman–Crippen LogP) is 2.21. The average Bonchev–Trinajstić information content (AvgIpc) is 2.56. The van der Waals surface area contributed by atoms with Crippen LogP contribution in [0.2, 0.25) is 0 Å². The van der Waals surface area contributed by atoms with Gasteiger partial charge >= 0.3 is 0 Å². The van der Waals surface area contributed by atoms with E-state index in [0.29, 0.717) is 11.9 Å². The number of para-hydroxylation sites is 1. The summed E-state index contributed by atoms with van der Waals surface area (Å²) in [6.45, 7) is 9.15. The van der Waals surface area contributed by atoms with Gasteiger partial charge in [0.2, 0.25) is 5.91 Å². The summed E-state index contributed by atoms with van der Waals surface area (Å²) in [7, 11) is 0. The minimum absolute atomic E-state index is 0.106. The van der Waals surface area contributed by atoms with Gasteiger partial charge in [-0.25, -0.2) is 0 Å². The maximum Gasteiger partial charge on any atom is 0.240 e. The number of nitrogens with zero attached hydrogens (tertiary/aromatic N) is 3. The van der Waals surface area contributed by atoms with Crippen LogP contribution < -0.4 is 4.90 Å². The highest BCUT2D eigenvalue weighted by molar-refractivity contribution is 5.83. The standard InChI is InChI=1S/C18H27N3O/c1-15(2)21-10-6-9-17(18(21)22)20-13-11-19(12-14-20)16-7-4-3-5-8-16/h3-5,7-8,15,17H,6,9-14H2,1-2H3. The molecule has 2 heterocycles. The molecule has 2 fully saturated rings. The van der Waals surface area contributed by atoms with Gasteiger partial charge in [-0.15, -0.1) is 0 Å². The van der Waals surface area contributed by atoms with Gasteiger partial charge in [0.25, 0.3) is 0 Å². The van der Waals surface area contributed by atoms with E-state index < -0.39 is 0 Å². The van der Waals surface area contributed by atoms with Crippen molar-refractivity contribution in [1.29, 1.82) is 0 Å². The van der Waals surface area contributed by atoms with Crippen molar-refractivity contribution in [3.63, 3.8) is 0 Å². The summed E-state index contributed by atoms with van der Waals surface area (Å²) in [5.74, 6) is 0.342. The zero-order valence-corrected chi connectivity index (χ0v) is 13.7. The first-order valence-corrected chi connectivity index (χ1v) is 8.51. The number of hydrogen-bond acceptors (Lipinski definition) is 3. The van der Waals surface area contributed by atoms with Crippen LogP contribution in [0.3, 0.4) is 0 Å². The van der Waals surface area contributed by atoms with Crippen LogP contribution in [0.5, 0.6) is 0 Å². The van der Waals surface area contributed by atoms with Crippen molar-refractivity contribution >= 4 is 11.6 Å². The first kappa shape index (κ1) is 15.3. The second-order valence-electron chi connectivity index (χ2n) is 6.64. The van der Waals surface area contributed by atoms with Crippen LogP contribution in [0.15, 0.2) is 30.3 Å². The molecule has 1 amide bonds. The van der Waals surface area contributed by atoms with Crippen molar-refractivity contribution in [2.75, 3.05) is 37.6 Å². The Morgan fingerprint density at radius 1 is 1.00 bits per heavy atom. The Hall–Kier alpha value is -1.55. The monoisotopic (exact) mass is 301 g/mol. The minimum Gasteiger partial charge on any atom is -0.369 e. The number of piperidine rings is 1. The number of anilines is 1. The lowest BCUT2D eigenvalue weighted by Crippen LogP contribution is -2.58. The lowest BCUT2D eigenvalue weighted by molar-refractivity contribution is -0.142. The summed E-state index contributed by atoms with van der Waals surface area (Å²) >= 11 is 0. The van der Waals surface area contributed by atoms with Crippen LogP contribution in [-0.4, -0.2) is 60.5 Å². The number of piperazine rings is 1. The highest BCUT2D eigenvalue weighted by Gasteiger charge is 2.35. The summed E-state index contributed by atoms with van der Waals surface area (Å²) in [4.78, 5) is 19.6. The average molecular weight is 301 g/mol. The molecule has 4 nitrogen and oxygen atoms in total. The third kappa shape index (κ3) is 3.12. The molecule has 3 rings (SSSR count). The Balaban J connectivity index is 1.60. The highest BCUT2D eigenvalue weighted by Crippen LogP contribution is 2.22. The Morgan fingerprint density at radius 3 is 2.32 bits per heavy atom. The van der Waals surface area contributed by atoms with Gasteiger partial charge < -0.3 is 9.80 Å². The lowest BCUT2D eigenvalue weighted by atomic mass is 10.0. The van der Waals surface area contributed by atoms with Crippen LogP contribution in [0.1, 0.15) is 26.7 Å². The lowest BCUT2D eigenvalue weighted by Gasteiger charge is -2.44. The molecule has 2 aliphatic heterocycles. The second-order valence-corrected chi connectivity index (χ2v) is 6.64. The molecule has 1 atom stereocenters. The van der Waals surface area contributed by atoms with E-state index in [1.807, 2.05) is 0 Å². The molecule has 0 aromatic heterocycles. The molecule has 120 valence electrons. The van der Waals surface area contributed by atoms with E-state index in [2.05, 4.69) is 58.9 Å². The van der Waals surface area contributed by atoms with Crippen molar-refractivity contribution in [2.24, 2.45) is 0 Å². The number of amides is 1. The van der Waals surface area contributed by atoms with Gasteiger partial charge in [-0.1, -0.05) is 18.2 Å². The normalized spacial score (nSPS) is 24.1. The van der Waals surface area contributed by atoms with E-state index in [-0.39, 0.29) is 6.04 Å². The van der Waals surface area contributed by atoms with Gasteiger partial charge in [-0.05, 0) is 38.8 Å². The quantitative estimate of drug-likeness (QED) is 0.856. The molecule has 1 aromatic carbocycles. The Labute approximate surface area is 133 Å². The maximum absolute atomic E-state index is 12.7. The summed E-state index contributed by atoms with van der Waals surface area (Å²) in [5, 5.41) is 0. The largest absolute Gasteiger partial charge is 0.369 e. The summed E-state index contributed by atoms with van der Waals surface area (Å²) in [6.07, 6.45) is 2.15. The molecule has 0 radical (unpaired) electrons. The third-order valence-electron chi connectivity index (χ3n) is 4.94. The van der Waals surface area contributed by atoms with Gasteiger partial charge in [-0.3, -0.25) is 9.69 Å². The molecule has 2 saturated heterocycles. The maximum atomic E-state index is 12.7. The Kier molecular flexibility index (Phi) is 4.67. The molecule has 1 unspecified atom stereocenters. The number of carbonyl (C=O) groups excluding carboxylic acids is 1. The zero-order chi connectivity index (χ0) is 15.5. The zero-order valence-electron chi connectivity index (χ0n) is 13.7. The fourth-order valence-electron chi connectivity index (χ4n) is 3.66. The van der Waals surface area contributed by atoms with E-state index in [4.69, 9.17) is 0 Å². The molecule has 0 bridgehead atoms. The Morgan fingerprint density at radius 2 is 1.68 bits per heavy atom. The molecular weight excluding hydrogens is 274 g/mol. The molecule has 22 heavy (non-hydrogen) atoms. The molecule has 0 aliphatic carbocycles. The van der Waals surface area contributed by atoms with Crippen LogP contribution >= 0.6 is 0 Å². The molecule has 0 spiro atoms. The first-order valence-electron chi connectivity index (χ1n) is 8.51. The van der Waals surface area contributed by atoms with Gasteiger partial charge in [-0.2, -0.15) is 0 Å². The van der Waals surface area contributed by atoms with Crippen molar-refractivity contribution in [1.82, 2.24) is 9.80 Å². The number of rotatable bonds is 3. The SMILES string of the molecule is CC(C)N1CCCC(N2CCN(c3ccccc3)CC2)C1=O. The molecular formula is C18H27N3O. The van der Waals surface area contributed by atoms with Gasteiger partial charge in [0.05, 0.1) is 6.04 Å². The van der Waals surface area contributed by atoms with Crippen LogP contribution in [0, 0.1) is 0 Å². The van der Waals surface area contributed by atoms with Crippen LogP contribution in [-0.2, 0) is 4.79 Å². The van der Waals surface area contributed by atoms with Crippen molar-refractivity contribution in [3.8, 4) is 0 Å². The van der Waals surface area contributed by atoms with Gasteiger partial charge in [0.1, 0.15) is 0 Å². The van der Waals surface area contributed by atoms with Crippen molar-refractivity contribution < 1.29 is 4.79 Å². The number of hydrogen-bond donors (Lipinski definition) is 0. The fraction of sp³-hybridized carbons (Fsp3) is 0.611. The highest BCUT2D eigenvalue weighted by atomic mass is 16.2. The molecule has 2 aliphatic rings. The minimum atomic E-state index is 0.106.